The molecule has 0 fully saturated rings. The molecule has 0 aliphatic rings. The fraction of sp³-hybridized carbons (Fsp3) is 0.0625. The molecule has 2 aromatic heterocycles. The number of rotatable bonds is 3. The maximum atomic E-state index is 12.3. The second-order valence-corrected chi connectivity index (χ2v) is 4.45. The molecule has 0 aliphatic carbocycles. The zero-order chi connectivity index (χ0) is 13.8. The first-order valence-electron chi connectivity index (χ1n) is 6.34. The minimum atomic E-state index is -0.104. The van der Waals surface area contributed by atoms with E-state index in [-0.39, 0.29) is 5.91 Å². The van der Waals surface area contributed by atoms with Crippen LogP contribution in [-0.4, -0.2) is 15.9 Å². The maximum absolute atomic E-state index is 12.3. The first-order valence-corrected chi connectivity index (χ1v) is 6.34. The van der Waals surface area contributed by atoms with Gasteiger partial charge >= 0.3 is 0 Å². The summed E-state index contributed by atoms with van der Waals surface area (Å²) in [6.07, 6.45) is 6.89. The second kappa shape index (κ2) is 5.48. The van der Waals surface area contributed by atoms with Crippen LogP contribution in [0.1, 0.15) is 15.9 Å². The van der Waals surface area contributed by atoms with Crippen molar-refractivity contribution in [3.8, 4) is 0 Å². The summed E-state index contributed by atoms with van der Waals surface area (Å²) in [5, 5.41) is 4.77. The molecule has 0 atom stereocenters. The number of pyridine rings is 2. The fourth-order valence-corrected chi connectivity index (χ4v) is 2.09. The summed E-state index contributed by atoms with van der Waals surface area (Å²) in [7, 11) is 0. The summed E-state index contributed by atoms with van der Waals surface area (Å²) in [4.78, 5) is 20.4. The Bertz CT molecular complexity index is 736. The van der Waals surface area contributed by atoms with Crippen LogP contribution in [-0.2, 0) is 6.54 Å². The van der Waals surface area contributed by atoms with Crippen LogP contribution in [0, 0.1) is 0 Å². The van der Waals surface area contributed by atoms with E-state index < -0.39 is 0 Å². The van der Waals surface area contributed by atoms with Crippen molar-refractivity contribution < 1.29 is 4.79 Å². The minimum absolute atomic E-state index is 0.104. The number of aromatic nitrogens is 2. The van der Waals surface area contributed by atoms with E-state index in [9.17, 15) is 4.79 Å². The summed E-state index contributed by atoms with van der Waals surface area (Å²) in [5.41, 5.74) is 1.61. The molecule has 0 unspecified atom stereocenters. The molecule has 4 nitrogen and oxygen atoms in total. The van der Waals surface area contributed by atoms with E-state index in [0.29, 0.717) is 12.1 Å². The smallest absolute Gasteiger partial charge is 0.252 e. The molecule has 0 saturated heterocycles. The third-order valence-electron chi connectivity index (χ3n) is 3.10. The van der Waals surface area contributed by atoms with Gasteiger partial charge < -0.3 is 5.32 Å². The lowest BCUT2D eigenvalue weighted by atomic mass is 10.1. The highest BCUT2D eigenvalue weighted by atomic mass is 16.1. The van der Waals surface area contributed by atoms with Gasteiger partial charge in [-0.25, -0.2) is 0 Å². The molecule has 1 amide bonds. The predicted molar refractivity (Wildman–Crippen MR) is 77.2 cm³/mol. The first-order chi connectivity index (χ1) is 9.84. The van der Waals surface area contributed by atoms with Crippen LogP contribution in [0.2, 0.25) is 0 Å². The molecule has 0 saturated carbocycles. The SMILES string of the molecule is O=C(NCc1cccnc1)c1cccc2ccncc12. The summed E-state index contributed by atoms with van der Waals surface area (Å²) in [6.45, 7) is 0.462. The van der Waals surface area contributed by atoms with E-state index >= 15 is 0 Å². The number of carbonyl (C=O) groups excluding carboxylic acids is 1. The molecular weight excluding hydrogens is 250 g/mol. The normalized spacial score (nSPS) is 10.4. The van der Waals surface area contributed by atoms with Crippen LogP contribution in [0.3, 0.4) is 0 Å². The monoisotopic (exact) mass is 263 g/mol. The Balaban J connectivity index is 1.82. The van der Waals surface area contributed by atoms with Crippen molar-refractivity contribution in [2.75, 3.05) is 0 Å². The van der Waals surface area contributed by atoms with Crippen LogP contribution < -0.4 is 5.32 Å². The second-order valence-electron chi connectivity index (χ2n) is 4.45. The zero-order valence-corrected chi connectivity index (χ0v) is 10.8. The Labute approximate surface area is 116 Å². The van der Waals surface area contributed by atoms with Crippen molar-refractivity contribution in [2.45, 2.75) is 6.54 Å². The van der Waals surface area contributed by atoms with Gasteiger partial charge in [0.2, 0.25) is 0 Å². The molecule has 2 heterocycles. The van der Waals surface area contributed by atoms with E-state index in [1.54, 1.807) is 24.8 Å². The number of amides is 1. The number of benzene rings is 1. The van der Waals surface area contributed by atoms with E-state index in [1.165, 1.54) is 0 Å². The van der Waals surface area contributed by atoms with Crippen LogP contribution in [0.25, 0.3) is 10.8 Å². The molecule has 20 heavy (non-hydrogen) atoms. The Hall–Kier alpha value is -2.75. The van der Waals surface area contributed by atoms with Gasteiger partial charge in [-0.2, -0.15) is 0 Å². The summed E-state index contributed by atoms with van der Waals surface area (Å²) >= 11 is 0. The Morgan fingerprint density at radius 3 is 2.75 bits per heavy atom. The lowest BCUT2D eigenvalue weighted by Gasteiger charge is -2.07. The van der Waals surface area contributed by atoms with Crippen molar-refractivity contribution >= 4 is 16.7 Å². The average molecular weight is 263 g/mol. The van der Waals surface area contributed by atoms with Crippen LogP contribution in [0.4, 0.5) is 0 Å². The standard InChI is InChI=1S/C16H13N3O/c20-16(19-10-12-3-2-7-17-9-12)14-5-1-4-13-6-8-18-11-15(13)14/h1-9,11H,10H2,(H,19,20). The molecule has 0 aliphatic heterocycles. The highest BCUT2D eigenvalue weighted by Gasteiger charge is 2.09. The van der Waals surface area contributed by atoms with Gasteiger partial charge in [0.05, 0.1) is 0 Å². The zero-order valence-electron chi connectivity index (χ0n) is 10.8. The van der Waals surface area contributed by atoms with Gasteiger partial charge in [0, 0.05) is 42.3 Å². The Morgan fingerprint density at radius 2 is 1.90 bits per heavy atom. The molecule has 3 aromatic rings. The van der Waals surface area contributed by atoms with Gasteiger partial charge in [0.15, 0.2) is 0 Å². The number of hydrogen-bond acceptors (Lipinski definition) is 3. The van der Waals surface area contributed by atoms with Gasteiger partial charge in [-0.3, -0.25) is 14.8 Å². The molecule has 0 spiro atoms. The van der Waals surface area contributed by atoms with Crippen molar-refractivity contribution in [3.63, 3.8) is 0 Å². The first kappa shape index (κ1) is 12.3. The number of hydrogen-bond donors (Lipinski definition) is 1. The summed E-state index contributed by atoms with van der Waals surface area (Å²) < 4.78 is 0. The molecule has 4 heteroatoms. The third-order valence-corrected chi connectivity index (χ3v) is 3.10. The largest absolute Gasteiger partial charge is 0.348 e. The number of fused-ring (bicyclic) bond motifs is 1. The van der Waals surface area contributed by atoms with Gasteiger partial charge in [0.25, 0.3) is 5.91 Å². The topological polar surface area (TPSA) is 54.9 Å². The molecule has 1 aromatic carbocycles. The quantitative estimate of drug-likeness (QED) is 0.790. The van der Waals surface area contributed by atoms with Crippen molar-refractivity contribution in [2.24, 2.45) is 0 Å². The minimum Gasteiger partial charge on any atom is -0.348 e. The average Bonchev–Trinajstić information content (AvgIpc) is 2.53. The number of nitrogens with zero attached hydrogens (tertiary/aromatic N) is 2. The van der Waals surface area contributed by atoms with E-state index in [4.69, 9.17) is 0 Å². The van der Waals surface area contributed by atoms with Gasteiger partial charge in [-0.05, 0) is 29.1 Å². The van der Waals surface area contributed by atoms with Crippen molar-refractivity contribution in [1.82, 2.24) is 15.3 Å². The van der Waals surface area contributed by atoms with Crippen molar-refractivity contribution in [3.05, 3.63) is 72.3 Å². The lowest BCUT2D eigenvalue weighted by Crippen LogP contribution is -2.23. The van der Waals surface area contributed by atoms with Gasteiger partial charge in [-0.1, -0.05) is 18.2 Å². The van der Waals surface area contributed by atoms with Gasteiger partial charge in [-0.15, -0.1) is 0 Å². The van der Waals surface area contributed by atoms with E-state index in [0.717, 1.165) is 16.3 Å². The maximum Gasteiger partial charge on any atom is 0.252 e. The van der Waals surface area contributed by atoms with Crippen molar-refractivity contribution in [1.29, 1.82) is 0 Å². The molecule has 0 bridgehead atoms. The summed E-state index contributed by atoms with van der Waals surface area (Å²) in [5.74, 6) is -0.104. The number of nitrogens with one attached hydrogen (secondary N) is 1. The Kier molecular flexibility index (Phi) is 3.37. The molecular formula is C16H13N3O. The molecule has 0 radical (unpaired) electrons. The molecule has 3 rings (SSSR count). The number of carbonyl (C=O) groups is 1. The highest BCUT2D eigenvalue weighted by Crippen LogP contribution is 2.17. The summed E-state index contributed by atoms with van der Waals surface area (Å²) in [6, 6.07) is 11.3. The Morgan fingerprint density at radius 1 is 1.00 bits per heavy atom. The van der Waals surface area contributed by atoms with Crippen LogP contribution >= 0.6 is 0 Å². The lowest BCUT2D eigenvalue weighted by molar-refractivity contribution is 0.0952. The van der Waals surface area contributed by atoms with Crippen LogP contribution in [0.5, 0.6) is 0 Å². The molecule has 1 N–H and O–H groups in total. The fourth-order valence-electron chi connectivity index (χ4n) is 2.09. The predicted octanol–water partition coefficient (Wildman–Crippen LogP) is 2.56. The van der Waals surface area contributed by atoms with E-state index in [1.807, 2.05) is 36.4 Å². The van der Waals surface area contributed by atoms with E-state index in [2.05, 4.69) is 15.3 Å². The highest BCUT2D eigenvalue weighted by molar-refractivity contribution is 6.06. The third kappa shape index (κ3) is 2.49. The van der Waals surface area contributed by atoms with Crippen LogP contribution in [0.15, 0.2) is 61.2 Å². The van der Waals surface area contributed by atoms with Gasteiger partial charge in [0.1, 0.15) is 0 Å². The molecule has 98 valence electrons.